The van der Waals surface area contributed by atoms with Crippen LogP contribution in [0.1, 0.15) is 23.1 Å². The maximum absolute atomic E-state index is 13.5. The Morgan fingerprint density at radius 3 is 2.33 bits per heavy atom. The van der Waals surface area contributed by atoms with Crippen LogP contribution in [0.3, 0.4) is 0 Å². The minimum Gasteiger partial charge on any atom is -0.355 e. The van der Waals surface area contributed by atoms with Crippen molar-refractivity contribution in [3.05, 3.63) is 65.0 Å². The molecule has 0 saturated heterocycles. The van der Waals surface area contributed by atoms with Gasteiger partial charge in [-0.15, -0.1) is 0 Å². The summed E-state index contributed by atoms with van der Waals surface area (Å²) >= 11 is 0. The van der Waals surface area contributed by atoms with Gasteiger partial charge in [0, 0.05) is 12.2 Å². The van der Waals surface area contributed by atoms with Gasteiger partial charge in [0.2, 0.25) is 11.8 Å². The van der Waals surface area contributed by atoms with Gasteiger partial charge in [-0.25, -0.2) is 4.39 Å². The molecular weight excluding hydrogens is 307 g/mol. The lowest BCUT2D eigenvalue weighted by Crippen LogP contribution is -2.29. The molecule has 2 amide bonds. The number of benzene rings is 2. The number of anilines is 1. The summed E-state index contributed by atoms with van der Waals surface area (Å²) in [6.45, 7) is 4.17. The molecule has 0 saturated carbocycles. The van der Waals surface area contributed by atoms with E-state index < -0.39 is 0 Å². The Morgan fingerprint density at radius 1 is 1.00 bits per heavy atom. The summed E-state index contributed by atoms with van der Waals surface area (Å²) in [4.78, 5) is 23.7. The van der Waals surface area contributed by atoms with Crippen molar-refractivity contribution < 1.29 is 14.0 Å². The van der Waals surface area contributed by atoms with Crippen molar-refractivity contribution in [2.24, 2.45) is 0 Å². The lowest BCUT2D eigenvalue weighted by atomic mass is 10.1. The Morgan fingerprint density at radius 2 is 1.67 bits per heavy atom. The van der Waals surface area contributed by atoms with Crippen LogP contribution in [-0.2, 0) is 16.0 Å². The van der Waals surface area contributed by atoms with E-state index in [4.69, 9.17) is 0 Å². The molecular formula is C19H21FN2O2. The molecule has 0 atom stereocenters. The first-order valence-electron chi connectivity index (χ1n) is 7.82. The van der Waals surface area contributed by atoms with Crippen LogP contribution >= 0.6 is 0 Å². The molecule has 0 aliphatic rings. The van der Waals surface area contributed by atoms with Gasteiger partial charge in [0.25, 0.3) is 0 Å². The average Bonchev–Trinajstić information content (AvgIpc) is 2.47. The van der Waals surface area contributed by atoms with Crippen LogP contribution in [0.15, 0.2) is 42.5 Å². The van der Waals surface area contributed by atoms with Crippen LogP contribution in [0.4, 0.5) is 10.1 Å². The smallest absolute Gasteiger partial charge is 0.233 e. The molecule has 0 unspecified atom stereocenters. The lowest BCUT2D eigenvalue weighted by Gasteiger charge is -2.08. The van der Waals surface area contributed by atoms with E-state index in [2.05, 4.69) is 10.6 Å². The SMILES string of the molecule is Cc1cc(C)cc(NC(=O)CC(=O)NCCc2ccccc2F)c1. The first-order valence-corrected chi connectivity index (χ1v) is 7.82. The van der Waals surface area contributed by atoms with E-state index in [0.29, 0.717) is 17.7 Å². The summed E-state index contributed by atoms with van der Waals surface area (Å²) in [5.41, 5.74) is 3.30. The second kappa shape index (κ2) is 8.24. The fourth-order valence-electron chi connectivity index (χ4n) is 2.50. The highest BCUT2D eigenvalue weighted by molar-refractivity contribution is 6.03. The molecule has 0 aliphatic carbocycles. The molecule has 2 aromatic rings. The number of halogens is 1. The van der Waals surface area contributed by atoms with E-state index in [-0.39, 0.29) is 30.6 Å². The maximum atomic E-state index is 13.5. The quantitative estimate of drug-likeness (QED) is 0.801. The van der Waals surface area contributed by atoms with E-state index in [1.807, 2.05) is 32.0 Å². The highest BCUT2D eigenvalue weighted by Gasteiger charge is 2.10. The molecule has 4 nitrogen and oxygen atoms in total. The highest BCUT2D eigenvalue weighted by Crippen LogP contribution is 2.13. The zero-order valence-electron chi connectivity index (χ0n) is 13.9. The van der Waals surface area contributed by atoms with Gasteiger partial charge in [-0.1, -0.05) is 24.3 Å². The number of aryl methyl sites for hydroxylation is 2. The molecule has 0 radical (unpaired) electrons. The monoisotopic (exact) mass is 328 g/mol. The molecule has 126 valence electrons. The van der Waals surface area contributed by atoms with E-state index in [0.717, 1.165) is 11.1 Å². The Balaban J connectivity index is 1.77. The lowest BCUT2D eigenvalue weighted by molar-refractivity contribution is -0.126. The van der Waals surface area contributed by atoms with Gasteiger partial charge in [-0.2, -0.15) is 0 Å². The second-order valence-electron chi connectivity index (χ2n) is 5.79. The summed E-state index contributed by atoms with van der Waals surface area (Å²) in [6, 6.07) is 12.1. The van der Waals surface area contributed by atoms with Gasteiger partial charge in [0.05, 0.1) is 0 Å². The fraction of sp³-hybridized carbons (Fsp3) is 0.263. The summed E-state index contributed by atoms with van der Waals surface area (Å²) in [5, 5.41) is 5.34. The van der Waals surface area contributed by atoms with Crippen LogP contribution in [0.2, 0.25) is 0 Å². The van der Waals surface area contributed by atoms with Crippen molar-refractivity contribution in [2.75, 3.05) is 11.9 Å². The van der Waals surface area contributed by atoms with Crippen molar-refractivity contribution in [3.8, 4) is 0 Å². The molecule has 24 heavy (non-hydrogen) atoms. The van der Waals surface area contributed by atoms with E-state index in [9.17, 15) is 14.0 Å². The zero-order valence-corrected chi connectivity index (χ0v) is 13.9. The molecule has 2 N–H and O–H groups in total. The highest BCUT2D eigenvalue weighted by atomic mass is 19.1. The standard InChI is InChI=1S/C19H21FN2O2/c1-13-9-14(2)11-16(10-13)22-19(24)12-18(23)21-8-7-15-5-3-4-6-17(15)20/h3-6,9-11H,7-8,12H2,1-2H3,(H,21,23)(H,22,24). The predicted molar refractivity (Wildman–Crippen MR) is 92.3 cm³/mol. The second-order valence-corrected chi connectivity index (χ2v) is 5.79. The van der Waals surface area contributed by atoms with Crippen LogP contribution in [0, 0.1) is 19.7 Å². The van der Waals surface area contributed by atoms with Crippen LogP contribution in [0.25, 0.3) is 0 Å². The molecule has 0 spiro atoms. The summed E-state index contributed by atoms with van der Waals surface area (Å²) in [6.07, 6.45) is 0.126. The molecule has 0 fully saturated rings. The van der Waals surface area contributed by atoms with Crippen molar-refractivity contribution in [1.29, 1.82) is 0 Å². The Kier molecular flexibility index (Phi) is 6.07. The number of carbonyl (C=O) groups excluding carboxylic acids is 2. The van der Waals surface area contributed by atoms with Gasteiger partial charge in [-0.3, -0.25) is 9.59 Å². The van der Waals surface area contributed by atoms with Gasteiger partial charge >= 0.3 is 0 Å². The zero-order chi connectivity index (χ0) is 17.5. The molecule has 0 bridgehead atoms. The summed E-state index contributed by atoms with van der Waals surface area (Å²) in [7, 11) is 0. The molecule has 0 aromatic heterocycles. The molecule has 2 rings (SSSR count). The van der Waals surface area contributed by atoms with Crippen molar-refractivity contribution in [1.82, 2.24) is 5.32 Å². The molecule has 0 aliphatic heterocycles. The minimum absolute atomic E-state index is 0.260. The molecule has 2 aromatic carbocycles. The first-order chi connectivity index (χ1) is 11.4. The third kappa shape index (κ3) is 5.50. The van der Waals surface area contributed by atoms with E-state index in [1.165, 1.54) is 6.07 Å². The van der Waals surface area contributed by atoms with Crippen LogP contribution in [-0.4, -0.2) is 18.4 Å². The number of carbonyl (C=O) groups is 2. The largest absolute Gasteiger partial charge is 0.355 e. The van der Waals surface area contributed by atoms with Crippen molar-refractivity contribution in [3.63, 3.8) is 0 Å². The topological polar surface area (TPSA) is 58.2 Å². The normalized spacial score (nSPS) is 10.3. The average molecular weight is 328 g/mol. The third-order valence-electron chi connectivity index (χ3n) is 3.50. The summed E-state index contributed by atoms with van der Waals surface area (Å²) < 4.78 is 13.5. The maximum Gasteiger partial charge on any atom is 0.233 e. The van der Waals surface area contributed by atoms with E-state index in [1.54, 1.807) is 18.2 Å². The Hall–Kier alpha value is -2.69. The number of amides is 2. The molecule has 0 heterocycles. The minimum atomic E-state index is -0.381. The number of hydrogen-bond acceptors (Lipinski definition) is 2. The fourth-order valence-corrected chi connectivity index (χ4v) is 2.50. The van der Waals surface area contributed by atoms with Gasteiger partial charge in [-0.05, 0) is 55.2 Å². The summed E-state index contributed by atoms with van der Waals surface area (Å²) in [5.74, 6) is -1.05. The van der Waals surface area contributed by atoms with Crippen molar-refractivity contribution >= 4 is 17.5 Å². The van der Waals surface area contributed by atoms with E-state index >= 15 is 0 Å². The number of nitrogens with one attached hydrogen (secondary N) is 2. The van der Waals surface area contributed by atoms with Crippen molar-refractivity contribution in [2.45, 2.75) is 26.7 Å². The van der Waals surface area contributed by atoms with Crippen LogP contribution < -0.4 is 10.6 Å². The Labute approximate surface area is 141 Å². The molecule has 5 heteroatoms. The Bertz CT molecular complexity index is 724. The van der Waals surface area contributed by atoms with Gasteiger partial charge in [0.1, 0.15) is 12.2 Å². The number of rotatable bonds is 6. The van der Waals surface area contributed by atoms with Crippen LogP contribution in [0.5, 0.6) is 0 Å². The number of hydrogen-bond donors (Lipinski definition) is 2. The third-order valence-corrected chi connectivity index (χ3v) is 3.50. The predicted octanol–water partition coefficient (Wildman–Crippen LogP) is 3.13. The first kappa shape index (κ1) is 17.7. The van der Waals surface area contributed by atoms with Gasteiger partial charge in [0.15, 0.2) is 0 Å². The van der Waals surface area contributed by atoms with Gasteiger partial charge < -0.3 is 10.6 Å².